The minimum Gasteiger partial charge on any atom is -0.459 e. The molecule has 0 aromatic heterocycles. The number of aliphatic hydroxyl groups is 1. The molecule has 3 aliphatic rings. The predicted octanol–water partition coefficient (Wildman–Crippen LogP) is 2.05. The van der Waals surface area contributed by atoms with Gasteiger partial charge in [-0.3, -0.25) is 4.79 Å². The fraction of sp³-hybridized carbons (Fsp3) is 0.842. The molecule has 0 radical (unpaired) electrons. The number of carbonyl (C=O) groups is 1. The highest BCUT2D eigenvalue weighted by atomic mass is 16.7. The van der Waals surface area contributed by atoms with E-state index in [1.165, 1.54) is 6.92 Å². The molecule has 3 rings (SSSR count). The quantitative estimate of drug-likeness (QED) is 0.618. The molecule has 2 fully saturated rings. The minimum absolute atomic E-state index is 0.0451. The van der Waals surface area contributed by atoms with Crippen molar-refractivity contribution in [2.45, 2.75) is 70.7 Å². The number of aliphatic hydroxyl groups excluding tert-OH is 1. The van der Waals surface area contributed by atoms with Gasteiger partial charge in [0, 0.05) is 39.4 Å². The lowest BCUT2D eigenvalue weighted by molar-refractivity contribution is -0.276. The Morgan fingerprint density at radius 2 is 2.00 bits per heavy atom. The molecule has 6 heteroatoms. The highest BCUT2D eigenvalue weighted by Crippen LogP contribution is 2.67. The van der Waals surface area contributed by atoms with E-state index in [0.717, 1.165) is 12.0 Å². The third kappa shape index (κ3) is 2.65. The molecular weight excluding hydrogens is 324 g/mol. The fourth-order valence-electron chi connectivity index (χ4n) is 5.45. The molecule has 0 amide bonds. The summed E-state index contributed by atoms with van der Waals surface area (Å²) in [6.07, 6.45) is 1.41. The van der Waals surface area contributed by atoms with Crippen LogP contribution in [-0.2, 0) is 23.7 Å². The van der Waals surface area contributed by atoms with Gasteiger partial charge in [0.15, 0.2) is 6.29 Å². The summed E-state index contributed by atoms with van der Waals surface area (Å²) in [5.41, 5.74) is 0.137. The van der Waals surface area contributed by atoms with Crippen LogP contribution in [0.25, 0.3) is 0 Å². The lowest BCUT2D eigenvalue weighted by Crippen LogP contribution is -2.68. The second-order valence-electron chi connectivity index (χ2n) is 8.29. The molecule has 1 saturated heterocycles. The number of carbonyl (C=O) groups excluding carboxylic acids is 1. The van der Waals surface area contributed by atoms with Crippen molar-refractivity contribution < 1.29 is 28.8 Å². The predicted molar refractivity (Wildman–Crippen MR) is 90.7 cm³/mol. The lowest BCUT2D eigenvalue weighted by atomic mass is 9.47. The maximum absolute atomic E-state index is 11.8. The Morgan fingerprint density at radius 3 is 2.52 bits per heavy atom. The molecule has 25 heavy (non-hydrogen) atoms. The monoisotopic (exact) mass is 354 g/mol. The molecule has 0 aromatic carbocycles. The Kier molecular flexibility index (Phi) is 4.77. The van der Waals surface area contributed by atoms with Crippen LogP contribution >= 0.6 is 0 Å². The van der Waals surface area contributed by atoms with Gasteiger partial charge >= 0.3 is 5.97 Å². The summed E-state index contributed by atoms with van der Waals surface area (Å²) in [7, 11) is 3.28. The second kappa shape index (κ2) is 6.34. The Hall–Kier alpha value is -0.950. The maximum Gasteiger partial charge on any atom is 0.303 e. The molecule has 1 aliphatic heterocycles. The van der Waals surface area contributed by atoms with Crippen molar-refractivity contribution in [1.29, 1.82) is 0 Å². The van der Waals surface area contributed by atoms with Crippen LogP contribution in [0.5, 0.6) is 0 Å². The zero-order valence-electron chi connectivity index (χ0n) is 15.9. The van der Waals surface area contributed by atoms with Crippen molar-refractivity contribution in [2.75, 3.05) is 14.2 Å². The Morgan fingerprint density at radius 1 is 1.32 bits per heavy atom. The smallest absolute Gasteiger partial charge is 0.303 e. The largest absolute Gasteiger partial charge is 0.459 e. The average molecular weight is 354 g/mol. The van der Waals surface area contributed by atoms with Gasteiger partial charge in [0.05, 0.1) is 6.10 Å². The van der Waals surface area contributed by atoms with E-state index in [4.69, 9.17) is 18.9 Å². The van der Waals surface area contributed by atoms with E-state index in [1.807, 2.05) is 13.0 Å². The molecule has 0 aromatic rings. The van der Waals surface area contributed by atoms with Crippen molar-refractivity contribution in [2.24, 2.45) is 17.3 Å². The summed E-state index contributed by atoms with van der Waals surface area (Å²) in [4.78, 5) is 11.8. The summed E-state index contributed by atoms with van der Waals surface area (Å²) in [5, 5.41) is 10.8. The number of methoxy groups -OCH3 is 2. The van der Waals surface area contributed by atoms with Crippen molar-refractivity contribution in [3.8, 4) is 0 Å². The van der Waals surface area contributed by atoms with Crippen LogP contribution < -0.4 is 0 Å². The van der Waals surface area contributed by atoms with Gasteiger partial charge in [-0.15, -0.1) is 0 Å². The van der Waals surface area contributed by atoms with Crippen LogP contribution in [0.3, 0.4) is 0 Å². The Balaban J connectivity index is 2.11. The normalized spacial score (nSPS) is 45.3. The first-order valence-corrected chi connectivity index (χ1v) is 8.94. The summed E-state index contributed by atoms with van der Waals surface area (Å²) >= 11 is 0. The Bertz CT molecular complexity index is 570. The van der Waals surface area contributed by atoms with Gasteiger partial charge in [0.1, 0.15) is 17.8 Å². The number of hydrogen-bond acceptors (Lipinski definition) is 6. The molecule has 1 heterocycles. The van der Waals surface area contributed by atoms with Crippen molar-refractivity contribution in [1.82, 2.24) is 0 Å². The van der Waals surface area contributed by atoms with Crippen LogP contribution in [0.1, 0.15) is 40.5 Å². The highest BCUT2D eigenvalue weighted by Gasteiger charge is 2.75. The van der Waals surface area contributed by atoms with Crippen molar-refractivity contribution in [3.63, 3.8) is 0 Å². The molecule has 1 saturated carbocycles. The molecule has 1 N–H and O–H groups in total. The van der Waals surface area contributed by atoms with Gasteiger partial charge in [-0.05, 0) is 18.8 Å². The first-order valence-electron chi connectivity index (χ1n) is 8.94. The topological polar surface area (TPSA) is 74.2 Å². The van der Waals surface area contributed by atoms with Gasteiger partial charge in [0.2, 0.25) is 0 Å². The lowest BCUT2D eigenvalue weighted by Gasteiger charge is -2.61. The first kappa shape index (κ1) is 18.8. The molecule has 2 bridgehead atoms. The summed E-state index contributed by atoms with van der Waals surface area (Å²) < 4.78 is 23.3. The van der Waals surface area contributed by atoms with Crippen LogP contribution in [0.2, 0.25) is 0 Å². The Labute approximate surface area is 149 Å². The number of ether oxygens (including phenoxy) is 4. The molecule has 0 spiro atoms. The van der Waals surface area contributed by atoms with Gasteiger partial charge in [-0.25, -0.2) is 0 Å². The first-order chi connectivity index (χ1) is 11.7. The van der Waals surface area contributed by atoms with Gasteiger partial charge < -0.3 is 24.1 Å². The molecule has 142 valence electrons. The maximum atomic E-state index is 11.8. The van der Waals surface area contributed by atoms with E-state index in [0.29, 0.717) is 6.42 Å². The van der Waals surface area contributed by atoms with Gasteiger partial charge in [0.25, 0.3) is 0 Å². The molecule has 6 nitrogen and oxygen atoms in total. The number of hydrogen-bond donors (Lipinski definition) is 1. The van der Waals surface area contributed by atoms with Gasteiger partial charge in [-0.2, -0.15) is 0 Å². The zero-order valence-corrected chi connectivity index (χ0v) is 15.9. The summed E-state index contributed by atoms with van der Waals surface area (Å²) in [6, 6.07) is 0. The average Bonchev–Trinajstić information content (AvgIpc) is 2.77. The molecule has 7 atom stereocenters. The van der Waals surface area contributed by atoms with Crippen molar-refractivity contribution >= 4 is 5.97 Å². The highest BCUT2D eigenvalue weighted by molar-refractivity contribution is 5.66. The third-order valence-electron chi connectivity index (χ3n) is 6.44. The fourth-order valence-corrected chi connectivity index (χ4v) is 5.45. The van der Waals surface area contributed by atoms with E-state index < -0.39 is 18.0 Å². The molecule has 2 aliphatic carbocycles. The van der Waals surface area contributed by atoms with Crippen molar-refractivity contribution in [3.05, 3.63) is 11.6 Å². The second-order valence-corrected chi connectivity index (χ2v) is 8.29. The summed E-state index contributed by atoms with van der Waals surface area (Å²) in [5.74, 6) is -0.520. The van der Waals surface area contributed by atoms with E-state index in [2.05, 4.69) is 13.8 Å². The minimum atomic E-state index is -0.973. The molecular formula is C19H30O6. The van der Waals surface area contributed by atoms with E-state index in [9.17, 15) is 9.90 Å². The SMILES string of the molecule is CO[C@H]1[C@@H]2[C@@H](O)O[C@]3([C@H](OC(C)=O)CC(C)=C[C@@H]1OC)[C@H]2CC3(C)C. The number of esters is 1. The van der Waals surface area contributed by atoms with Crippen LogP contribution in [0.4, 0.5) is 0 Å². The third-order valence-corrected chi connectivity index (χ3v) is 6.44. The zero-order chi connectivity index (χ0) is 18.6. The standard InChI is InChI=1S/C19H30O6/c1-10-7-13(22-5)16(23-6)15-12-9-18(3,4)19(12,25-17(15)21)14(8-10)24-11(2)20/h7,12-17,21H,8-9H2,1-6H3/t12-,13-,14+,15+,16+,17-,19-/m0/s1. The number of rotatable bonds is 3. The van der Waals surface area contributed by atoms with Gasteiger partial charge in [-0.1, -0.05) is 25.5 Å². The van der Waals surface area contributed by atoms with Crippen LogP contribution in [-0.4, -0.2) is 55.5 Å². The molecule has 0 unspecified atom stereocenters. The van der Waals surface area contributed by atoms with Crippen LogP contribution in [0, 0.1) is 17.3 Å². The van der Waals surface area contributed by atoms with Crippen LogP contribution in [0.15, 0.2) is 11.6 Å². The van der Waals surface area contributed by atoms with E-state index in [-0.39, 0.29) is 35.4 Å². The van der Waals surface area contributed by atoms with E-state index >= 15 is 0 Å². The summed E-state index contributed by atoms with van der Waals surface area (Å²) in [6.45, 7) is 7.65. The van der Waals surface area contributed by atoms with E-state index in [1.54, 1.807) is 14.2 Å².